The van der Waals surface area contributed by atoms with Crippen molar-refractivity contribution in [2.24, 2.45) is 0 Å². The van der Waals surface area contributed by atoms with Gasteiger partial charge in [-0.1, -0.05) is 17.7 Å². The Labute approximate surface area is 163 Å². The molecule has 0 bridgehead atoms. The molecule has 0 aliphatic carbocycles. The van der Waals surface area contributed by atoms with Gasteiger partial charge in [-0.05, 0) is 44.4 Å². The number of ether oxygens (including phenoxy) is 2. The molecule has 0 amide bonds. The van der Waals surface area contributed by atoms with Gasteiger partial charge in [0, 0.05) is 7.11 Å². The summed E-state index contributed by atoms with van der Waals surface area (Å²) in [7, 11) is 1.45. The monoisotopic (exact) mass is 384 g/mol. The van der Waals surface area contributed by atoms with Crippen LogP contribution < -0.4 is 10.3 Å². The molecule has 1 N–H and O–H groups in total. The fourth-order valence-corrected chi connectivity index (χ4v) is 3.28. The zero-order valence-corrected chi connectivity index (χ0v) is 16.8. The number of methoxy groups -OCH3 is 1. The van der Waals surface area contributed by atoms with Gasteiger partial charge in [-0.3, -0.25) is 14.2 Å². The number of hydrogen-bond acceptors (Lipinski definition) is 6. The van der Waals surface area contributed by atoms with E-state index in [0.29, 0.717) is 5.75 Å². The summed E-state index contributed by atoms with van der Waals surface area (Å²) < 4.78 is 11.6. The van der Waals surface area contributed by atoms with Gasteiger partial charge in [-0.2, -0.15) is 5.26 Å². The Balaban J connectivity index is 2.43. The van der Waals surface area contributed by atoms with Crippen LogP contribution in [0, 0.1) is 39.0 Å². The van der Waals surface area contributed by atoms with Gasteiger partial charge < -0.3 is 14.6 Å². The first-order chi connectivity index (χ1) is 13.2. The number of aryl methyl sites for hydroxylation is 3. The van der Waals surface area contributed by atoms with Crippen LogP contribution in [0.15, 0.2) is 16.9 Å². The number of ketones is 1. The highest BCUT2D eigenvalue weighted by Gasteiger charge is 2.24. The molecule has 1 aromatic heterocycles. The third-order valence-corrected chi connectivity index (χ3v) is 4.55. The van der Waals surface area contributed by atoms with Crippen LogP contribution in [0.25, 0.3) is 0 Å². The number of aromatic nitrogens is 1. The molecule has 0 fully saturated rings. The third-order valence-electron chi connectivity index (χ3n) is 4.55. The fraction of sp³-hybridized carbons (Fsp3) is 0.381. The Morgan fingerprint density at radius 1 is 1.21 bits per heavy atom. The van der Waals surface area contributed by atoms with E-state index in [1.165, 1.54) is 14.0 Å². The molecule has 0 atom stereocenters. The van der Waals surface area contributed by atoms with Crippen molar-refractivity contribution in [2.75, 3.05) is 20.3 Å². The predicted octanol–water partition coefficient (Wildman–Crippen LogP) is 2.57. The molecule has 148 valence electrons. The lowest BCUT2D eigenvalue weighted by atomic mass is 10.0. The number of hydrogen-bond donors (Lipinski definition) is 1. The van der Waals surface area contributed by atoms with Crippen LogP contribution in [-0.2, 0) is 11.3 Å². The number of carbonyl (C=O) groups excluding carboxylic acids is 1. The summed E-state index contributed by atoms with van der Waals surface area (Å²) in [4.78, 5) is 25.2. The highest BCUT2D eigenvalue weighted by molar-refractivity contribution is 6.01. The summed E-state index contributed by atoms with van der Waals surface area (Å²) in [5, 5.41) is 19.9. The van der Waals surface area contributed by atoms with Crippen molar-refractivity contribution in [1.82, 2.24) is 4.57 Å². The highest BCUT2D eigenvalue weighted by Crippen LogP contribution is 2.26. The smallest absolute Gasteiger partial charge is 0.271 e. The standard InChI is InChI=1S/C21H24N2O5/c1-12-8-13(2)19(14(3)9-12)28-11-17(24)18-15(4)16(10-22)20(25)23(21(18)26)6-7-27-5/h8-9,26H,6-7,11H2,1-5H3. The van der Waals surface area contributed by atoms with Crippen LogP contribution in [0.5, 0.6) is 11.6 Å². The molecule has 0 radical (unpaired) electrons. The van der Waals surface area contributed by atoms with Crippen molar-refractivity contribution >= 4 is 5.78 Å². The van der Waals surface area contributed by atoms with Crippen molar-refractivity contribution in [1.29, 1.82) is 5.26 Å². The van der Waals surface area contributed by atoms with Gasteiger partial charge in [-0.15, -0.1) is 0 Å². The summed E-state index contributed by atoms with van der Waals surface area (Å²) in [5.41, 5.74) is 2.10. The SMILES string of the molecule is COCCn1c(O)c(C(=O)COc2c(C)cc(C)cc2C)c(C)c(C#N)c1=O. The molecule has 7 nitrogen and oxygen atoms in total. The zero-order chi connectivity index (χ0) is 21.0. The lowest BCUT2D eigenvalue weighted by Gasteiger charge is -2.16. The Morgan fingerprint density at radius 2 is 1.82 bits per heavy atom. The van der Waals surface area contributed by atoms with Gasteiger partial charge in [0.2, 0.25) is 11.7 Å². The van der Waals surface area contributed by atoms with Crippen LogP contribution >= 0.6 is 0 Å². The van der Waals surface area contributed by atoms with Crippen molar-refractivity contribution < 1.29 is 19.4 Å². The van der Waals surface area contributed by atoms with Crippen molar-refractivity contribution in [3.8, 4) is 17.7 Å². The molecule has 2 rings (SSSR count). The quantitative estimate of drug-likeness (QED) is 0.736. The Kier molecular flexibility index (Phi) is 6.60. The second-order valence-electron chi connectivity index (χ2n) is 6.70. The Morgan fingerprint density at radius 3 is 2.36 bits per heavy atom. The number of nitriles is 1. The summed E-state index contributed by atoms with van der Waals surface area (Å²) in [5.74, 6) is -0.397. The summed E-state index contributed by atoms with van der Waals surface area (Å²) in [6.07, 6.45) is 0. The maximum Gasteiger partial charge on any atom is 0.271 e. The normalized spacial score (nSPS) is 10.6. The van der Waals surface area contributed by atoms with Gasteiger partial charge in [0.05, 0.1) is 18.7 Å². The van der Waals surface area contributed by atoms with Gasteiger partial charge in [0.1, 0.15) is 17.4 Å². The van der Waals surface area contributed by atoms with Crippen LogP contribution in [0.1, 0.15) is 38.2 Å². The number of nitrogens with zero attached hydrogens (tertiary/aromatic N) is 2. The Hall–Kier alpha value is -3.11. The van der Waals surface area contributed by atoms with E-state index in [1.807, 2.05) is 39.0 Å². The van der Waals surface area contributed by atoms with E-state index < -0.39 is 17.2 Å². The molecule has 2 aromatic rings. The predicted molar refractivity (Wildman–Crippen MR) is 104 cm³/mol. The topological polar surface area (TPSA) is 102 Å². The first-order valence-corrected chi connectivity index (χ1v) is 8.82. The van der Waals surface area contributed by atoms with E-state index >= 15 is 0 Å². The second kappa shape index (κ2) is 8.72. The molecule has 0 saturated carbocycles. The largest absolute Gasteiger partial charge is 0.494 e. The average molecular weight is 384 g/mol. The third kappa shape index (κ3) is 4.07. The minimum Gasteiger partial charge on any atom is -0.494 e. The van der Waals surface area contributed by atoms with Crippen LogP contribution in [0.2, 0.25) is 0 Å². The van der Waals surface area contributed by atoms with E-state index in [1.54, 1.807) is 0 Å². The molecular formula is C21H24N2O5. The molecule has 28 heavy (non-hydrogen) atoms. The van der Waals surface area contributed by atoms with Gasteiger partial charge in [-0.25, -0.2) is 0 Å². The lowest BCUT2D eigenvalue weighted by Crippen LogP contribution is -2.29. The van der Waals surface area contributed by atoms with Crippen molar-refractivity contribution in [3.63, 3.8) is 0 Å². The summed E-state index contributed by atoms with van der Waals surface area (Å²) in [6, 6.07) is 5.73. The van der Waals surface area contributed by atoms with Crippen molar-refractivity contribution in [2.45, 2.75) is 34.2 Å². The first-order valence-electron chi connectivity index (χ1n) is 8.82. The number of aromatic hydroxyl groups is 1. The Bertz CT molecular complexity index is 992. The molecule has 0 saturated heterocycles. The minimum absolute atomic E-state index is 0.0213. The number of Topliss-reactive ketones (excluding diaryl/α,β-unsaturated/α-hetero) is 1. The zero-order valence-electron chi connectivity index (χ0n) is 16.8. The van der Waals surface area contributed by atoms with Gasteiger partial charge >= 0.3 is 0 Å². The van der Waals surface area contributed by atoms with Crippen LogP contribution in [0.4, 0.5) is 0 Å². The molecular weight excluding hydrogens is 360 g/mol. The summed E-state index contributed by atoms with van der Waals surface area (Å²) in [6.45, 7) is 7.06. The van der Waals surface area contributed by atoms with E-state index in [2.05, 4.69) is 0 Å². The number of benzene rings is 1. The van der Waals surface area contributed by atoms with E-state index in [4.69, 9.17) is 9.47 Å². The van der Waals surface area contributed by atoms with Crippen molar-refractivity contribution in [3.05, 3.63) is 55.9 Å². The van der Waals surface area contributed by atoms with Gasteiger partial charge in [0.15, 0.2) is 6.61 Å². The maximum atomic E-state index is 12.8. The molecule has 0 unspecified atom stereocenters. The molecule has 0 aliphatic rings. The molecule has 0 aliphatic heterocycles. The van der Waals surface area contributed by atoms with Crippen LogP contribution in [-0.4, -0.2) is 35.8 Å². The van der Waals surface area contributed by atoms with E-state index in [-0.39, 0.29) is 36.4 Å². The molecule has 0 spiro atoms. The minimum atomic E-state index is -0.655. The molecule has 1 aromatic carbocycles. The number of pyridine rings is 1. The second-order valence-corrected chi connectivity index (χ2v) is 6.70. The van der Waals surface area contributed by atoms with E-state index in [0.717, 1.165) is 21.3 Å². The lowest BCUT2D eigenvalue weighted by molar-refractivity contribution is 0.0914. The highest BCUT2D eigenvalue weighted by atomic mass is 16.5. The average Bonchev–Trinajstić information content (AvgIpc) is 2.61. The number of carbonyl (C=O) groups is 1. The number of rotatable bonds is 7. The van der Waals surface area contributed by atoms with Gasteiger partial charge in [0.25, 0.3) is 5.56 Å². The first kappa shape index (κ1) is 21.2. The molecule has 7 heteroatoms. The van der Waals surface area contributed by atoms with Crippen LogP contribution in [0.3, 0.4) is 0 Å². The summed E-state index contributed by atoms with van der Waals surface area (Å²) >= 11 is 0. The maximum absolute atomic E-state index is 12.8. The fourth-order valence-electron chi connectivity index (χ4n) is 3.28. The molecule has 1 heterocycles. The van der Waals surface area contributed by atoms with E-state index in [9.17, 15) is 20.0 Å².